The maximum Gasteiger partial charge on any atom is 0.306 e. The van der Waals surface area contributed by atoms with E-state index < -0.39 is 6.10 Å². The molecule has 0 saturated carbocycles. The van der Waals surface area contributed by atoms with Crippen LogP contribution < -0.4 is 0 Å². The van der Waals surface area contributed by atoms with Crippen LogP contribution in [0.25, 0.3) is 0 Å². The molecule has 1 atom stereocenters. The fourth-order valence-corrected chi connectivity index (χ4v) is 9.97. The second kappa shape index (κ2) is 68.1. The quantitative estimate of drug-likeness (QED) is 0.0261. The largest absolute Gasteiger partial charge is 0.462 e. The third-order valence-electron chi connectivity index (χ3n) is 15.1. The zero-order chi connectivity index (χ0) is 57.8. The Bertz CT molecular complexity index is 1520. The van der Waals surface area contributed by atoms with E-state index in [0.29, 0.717) is 19.3 Å². The molecule has 0 bridgehead atoms. The lowest BCUT2D eigenvalue weighted by Crippen LogP contribution is -2.30. The summed E-state index contributed by atoms with van der Waals surface area (Å²) in [4.78, 5) is 38.4. The molecule has 462 valence electrons. The van der Waals surface area contributed by atoms with Gasteiger partial charge in [0.25, 0.3) is 0 Å². The Hall–Kier alpha value is -3.41. The van der Waals surface area contributed by atoms with Crippen LogP contribution in [0.5, 0.6) is 0 Å². The Morgan fingerprint density at radius 1 is 0.263 bits per heavy atom. The Morgan fingerprint density at radius 2 is 0.487 bits per heavy atom. The normalized spacial score (nSPS) is 12.6. The number of allylic oxidation sites excluding steroid dienone is 14. The Balaban J connectivity index is 4.42. The maximum atomic E-state index is 12.9. The minimum atomic E-state index is -0.801. The van der Waals surface area contributed by atoms with Crippen LogP contribution in [0.2, 0.25) is 0 Å². The van der Waals surface area contributed by atoms with Crippen LogP contribution in [-0.4, -0.2) is 37.2 Å². The summed E-state index contributed by atoms with van der Waals surface area (Å²) in [6.45, 7) is 6.54. The SMILES string of the molecule is CC/C=C\C/C=C\C/C=C\C/C=C\C/C=C\C/C=C\CCCCC(=O)OC(COC(=O)CCCCCCCCCCC/C=C\CCCCCCCC)COC(=O)CCCCCCCCCCCCCCCCCCCCCCCC. The lowest BCUT2D eigenvalue weighted by molar-refractivity contribution is -0.167. The summed E-state index contributed by atoms with van der Waals surface area (Å²) in [5.41, 5.74) is 0. The summed E-state index contributed by atoms with van der Waals surface area (Å²) in [5.74, 6) is -0.919. The summed E-state index contributed by atoms with van der Waals surface area (Å²) in [7, 11) is 0. The van der Waals surface area contributed by atoms with Crippen LogP contribution in [0.3, 0.4) is 0 Å². The fourth-order valence-electron chi connectivity index (χ4n) is 9.97. The first-order chi connectivity index (χ1) is 39.5. The molecule has 0 amide bonds. The van der Waals surface area contributed by atoms with Crippen molar-refractivity contribution in [3.63, 3.8) is 0 Å². The fraction of sp³-hybridized carbons (Fsp3) is 0.770. The van der Waals surface area contributed by atoms with E-state index in [2.05, 4.69) is 106 Å². The maximum absolute atomic E-state index is 12.9. The minimum absolute atomic E-state index is 0.0916. The lowest BCUT2D eigenvalue weighted by Gasteiger charge is -2.18. The molecule has 0 aromatic carbocycles. The molecular formula is C74H130O6. The van der Waals surface area contributed by atoms with Gasteiger partial charge in [-0.25, -0.2) is 0 Å². The molecule has 0 radical (unpaired) electrons. The molecule has 0 fully saturated rings. The third-order valence-corrected chi connectivity index (χ3v) is 15.1. The van der Waals surface area contributed by atoms with Crippen molar-refractivity contribution in [2.45, 2.75) is 354 Å². The highest BCUT2D eigenvalue weighted by Gasteiger charge is 2.19. The number of esters is 3. The zero-order valence-corrected chi connectivity index (χ0v) is 53.1. The molecule has 0 N–H and O–H groups in total. The van der Waals surface area contributed by atoms with E-state index in [-0.39, 0.29) is 37.5 Å². The second-order valence-electron chi connectivity index (χ2n) is 23.1. The van der Waals surface area contributed by atoms with Gasteiger partial charge < -0.3 is 14.2 Å². The number of ether oxygens (including phenoxy) is 3. The summed E-state index contributed by atoms with van der Waals surface area (Å²) >= 11 is 0. The second-order valence-corrected chi connectivity index (χ2v) is 23.1. The van der Waals surface area contributed by atoms with Crippen LogP contribution in [0.4, 0.5) is 0 Å². The van der Waals surface area contributed by atoms with Gasteiger partial charge in [-0.05, 0) is 96.3 Å². The van der Waals surface area contributed by atoms with E-state index in [0.717, 1.165) is 89.9 Å². The molecule has 0 aromatic heterocycles. The van der Waals surface area contributed by atoms with Crippen molar-refractivity contribution in [1.29, 1.82) is 0 Å². The Labute approximate surface area is 496 Å². The number of hydrogen-bond donors (Lipinski definition) is 0. The topological polar surface area (TPSA) is 78.9 Å². The smallest absolute Gasteiger partial charge is 0.306 e. The molecule has 0 heterocycles. The molecule has 0 aromatic rings. The zero-order valence-electron chi connectivity index (χ0n) is 53.1. The number of carbonyl (C=O) groups excluding carboxylic acids is 3. The molecule has 0 aliphatic heterocycles. The van der Waals surface area contributed by atoms with E-state index in [1.54, 1.807) is 0 Å². The van der Waals surface area contributed by atoms with E-state index in [4.69, 9.17) is 14.2 Å². The van der Waals surface area contributed by atoms with Gasteiger partial charge in [0, 0.05) is 19.3 Å². The first-order valence-corrected chi connectivity index (χ1v) is 34.6. The van der Waals surface area contributed by atoms with Crippen LogP contribution in [0.15, 0.2) is 85.1 Å². The molecule has 0 rings (SSSR count). The highest BCUT2D eigenvalue weighted by Crippen LogP contribution is 2.17. The average molecular weight is 1120 g/mol. The van der Waals surface area contributed by atoms with Crippen LogP contribution in [0, 0.1) is 0 Å². The van der Waals surface area contributed by atoms with Gasteiger partial charge in [-0.15, -0.1) is 0 Å². The molecular weight excluding hydrogens is 985 g/mol. The third kappa shape index (κ3) is 65.4. The number of rotatable bonds is 63. The first kappa shape index (κ1) is 76.6. The Kier molecular flexibility index (Phi) is 65.2. The van der Waals surface area contributed by atoms with Crippen molar-refractivity contribution in [2.75, 3.05) is 13.2 Å². The van der Waals surface area contributed by atoms with Crippen LogP contribution >= 0.6 is 0 Å². The van der Waals surface area contributed by atoms with Gasteiger partial charge in [0.1, 0.15) is 13.2 Å². The predicted molar refractivity (Wildman–Crippen MR) is 348 cm³/mol. The van der Waals surface area contributed by atoms with E-state index in [1.165, 1.54) is 212 Å². The molecule has 80 heavy (non-hydrogen) atoms. The summed E-state index contributed by atoms with van der Waals surface area (Å²) in [6.07, 6.45) is 90.3. The van der Waals surface area contributed by atoms with Crippen molar-refractivity contribution in [1.82, 2.24) is 0 Å². The molecule has 1 unspecified atom stereocenters. The van der Waals surface area contributed by atoms with Gasteiger partial charge in [-0.1, -0.05) is 318 Å². The highest BCUT2D eigenvalue weighted by atomic mass is 16.6. The van der Waals surface area contributed by atoms with Gasteiger partial charge in [-0.2, -0.15) is 0 Å². The van der Waals surface area contributed by atoms with Gasteiger partial charge in [0.2, 0.25) is 0 Å². The average Bonchev–Trinajstić information content (AvgIpc) is 3.46. The summed E-state index contributed by atoms with van der Waals surface area (Å²) in [5, 5.41) is 0. The van der Waals surface area contributed by atoms with E-state index in [9.17, 15) is 14.4 Å². The van der Waals surface area contributed by atoms with Gasteiger partial charge in [0.15, 0.2) is 6.10 Å². The van der Waals surface area contributed by atoms with E-state index in [1.807, 2.05) is 0 Å². The van der Waals surface area contributed by atoms with Crippen molar-refractivity contribution >= 4 is 17.9 Å². The van der Waals surface area contributed by atoms with Crippen LogP contribution in [0.1, 0.15) is 348 Å². The molecule has 0 aliphatic carbocycles. The van der Waals surface area contributed by atoms with Crippen molar-refractivity contribution < 1.29 is 28.6 Å². The number of hydrogen-bond acceptors (Lipinski definition) is 6. The van der Waals surface area contributed by atoms with Crippen molar-refractivity contribution in [2.24, 2.45) is 0 Å². The van der Waals surface area contributed by atoms with Crippen molar-refractivity contribution in [3.8, 4) is 0 Å². The van der Waals surface area contributed by atoms with Gasteiger partial charge >= 0.3 is 17.9 Å². The number of carbonyl (C=O) groups is 3. The number of unbranched alkanes of at least 4 members (excludes halogenated alkanes) is 38. The van der Waals surface area contributed by atoms with Crippen LogP contribution in [-0.2, 0) is 28.6 Å². The van der Waals surface area contributed by atoms with Crippen molar-refractivity contribution in [3.05, 3.63) is 85.1 Å². The van der Waals surface area contributed by atoms with Gasteiger partial charge in [0.05, 0.1) is 0 Å². The highest BCUT2D eigenvalue weighted by molar-refractivity contribution is 5.71. The molecule has 0 spiro atoms. The minimum Gasteiger partial charge on any atom is -0.462 e. The standard InChI is InChI=1S/C74H130O6/c1-4-7-10-13-16-19-22-25-28-31-34-36-38-40-43-46-49-52-55-58-61-64-67-73(76)79-70-71(69-78-72(75)66-63-60-57-54-51-48-45-42-39-33-30-27-24-21-18-15-12-9-6-3)80-74(77)68-65-62-59-56-53-50-47-44-41-37-35-32-29-26-23-20-17-14-11-8-5-2/h8,11,17,20,26-27,29-30,35,37,44,47,53,56,71H,4-7,9-10,12-16,18-19,21-25,28,31-34,36,38-43,45-46,48-52,54-55,57-70H2,1-3H3/b11-8-,20-17-,29-26-,30-27-,37-35-,47-44-,56-53-. The van der Waals surface area contributed by atoms with Gasteiger partial charge in [-0.3, -0.25) is 14.4 Å². The Morgan fingerprint density at radius 3 is 0.800 bits per heavy atom. The molecule has 6 heteroatoms. The molecule has 0 saturated heterocycles. The first-order valence-electron chi connectivity index (χ1n) is 34.6. The predicted octanol–water partition coefficient (Wildman–Crippen LogP) is 23.8. The summed E-state index contributed by atoms with van der Waals surface area (Å²) in [6, 6.07) is 0. The lowest BCUT2D eigenvalue weighted by atomic mass is 10.0. The summed E-state index contributed by atoms with van der Waals surface area (Å²) < 4.78 is 17.0. The molecule has 0 aliphatic rings. The van der Waals surface area contributed by atoms with E-state index >= 15 is 0 Å². The molecule has 6 nitrogen and oxygen atoms in total. The monoisotopic (exact) mass is 1110 g/mol.